The third kappa shape index (κ3) is 2.50. The molecule has 2 rings (SSSR count). The molecule has 2 aromatic rings. The molecule has 0 saturated heterocycles. The van der Waals surface area contributed by atoms with E-state index in [9.17, 15) is 9.90 Å². The van der Waals surface area contributed by atoms with Gasteiger partial charge in [-0.1, -0.05) is 0 Å². The van der Waals surface area contributed by atoms with Gasteiger partial charge in [0.05, 0.1) is 20.8 Å². The quantitative estimate of drug-likeness (QED) is 0.903. The van der Waals surface area contributed by atoms with Crippen molar-refractivity contribution in [2.45, 2.75) is 13.5 Å². The fourth-order valence-corrected chi connectivity index (χ4v) is 1.90. The topological polar surface area (TPSA) is 73.6 Å². The maximum atomic E-state index is 11.6. The molecule has 0 aliphatic carbocycles. The number of hydrogen-bond acceptors (Lipinski definition) is 5. The number of aliphatic hydroxyl groups is 1. The third-order valence-corrected chi connectivity index (χ3v) is 2.94. The van der Waals surface area contributed by atoms with E-state index in [2.05, 4.69) is 5.10 Å². The predicted octanol–water partition coefficient (Wildman–Crippen LogP) is 1.05. The van der Waals surface area contributed by atoms with Crippen LogP contribution in [0.25, 0.3) is 5.69 Å². The van der Waals surface area contributed by atoms with E-state index < -0.39 is 6.61 Å². The minimum Gasteiger partial charge on any atom is -0.497 e. The Hall–Kier alpha value is -2.34. The fraction of sp³-hybridized carbons (Fsp3) is 0.286. The summed E-state index contributed by atoms with van der Waals surface area (Å²) in [5, 5.41) is 13.3. The lowest BCUT2D eigenvalue weighted by atomic mass is 10.2. The van der Waals surface area contributed by atoms with Gasteiger partial charge in [-0.15, -0.1) is 0 Å². The Kier molecular flexibility index (Phi) is 4.05. The largest absolute Gasteiger partial charge is 0.497 e. The van der Waals surface area contributed by atoms with Crippen LogP contribution < -0.4 is 14.9 Å². The molecule has 6 heteroatoms. The van der Waals surface area contributed by atoms with Gasteiger partial charge < -0.3 is 14.6 Å². The van der Waals surface area contributed by atoms with Crippen LogP contribution in [0.15, 0.2) is 29.1 Å². The van der Waals surface area contributed by atoms with Gasteiger partial charge in [-0.3, -0.25) is 4.79 Å². The first-order valence-electron chi connectivity index (χ1n) is 6.03. The fourth-order valence-electron chi connectivity index (χ4n) is 1.90. The van der Waals surface area contributed by atoms with Gasteiger partial charge in [0, 0.05) is 17.8 Å². The van der Waals surface area contributed by atoms with Gasteiger partial charge in [-0.2, -0.15) is 5.10 Å². The van der Waals surface area contributed by atoms with Gasteiger partial charge in [0.1, 0.15) is 22.9 Å². The van der Waals surface area contributed by atoms with Crippen LogP contribution in [0.5, 0.6) is 11.5 Å². The van der Waals surface area contributed by atoms with E-state index in [-0.39, 0.29) is 11.1 Å². The van der Waals surface area contributed by atoms with Gasteiger partial charge in [-0.25, -0.2) is 4.68 Å². The van der Waals surface area contributed by atoms with E-state index in [1.807, 2.05) is 0 Å². The molecule has 20 heavy (non-hydrogen) atoms. The lowest BCUT2D eigenvalue weighted by Crippen LogP contribution is -2.19. The summed E-state index contributed by atoms with van der Waals surface area (Å²) in [6, 6.07) is 6.71. The van der Waals surface area contributed by atoms with Crippen LogP contribution in [0.2, 0.25) is 0 Å². The summed E-state index contributed by atoms with van der Waals surface area (Å²) in [6.45, 7) is 1.35. The molecule has 6 nitrogen and oxygen atoms in total. The minimum atomic E-state index is -0.411. The number of ether oxygens (including phenoxy) is 2. The third-order valence-electron chi connectivity index (χ3n) is 2.94. The van der Waals surface area contributed by atoms with Crippen LogP contribution in [0.4, 0.5) is 0 Å². The molecule has 0 fully saturated rings. The Morgan fingerprint density at radius 2 is 2.00 bits per heavy atom. The van der Waals surface area contributed by atoms with Crippen LogP contribution in [0, 0.1) is 6.92 Å². The molecular formula is C14H16N2O4. The van der Waals surface area contributed by atoms with Gasteiger partial charge >= 0.3 is 0 Å². The highest BCUT2D eigenvalue weighted by molar-refractivity contribution is 5.51. The van der Waals surface area contributed by atoms with Crippen molar-refractivity contribution in [2.24, 2.45) is 0 Å². The second kappa shape index (κ2) is 5.75. The van der Waals surface area contributed by atoms with Gasteiger partial charge in [0.25, 0.3) is 0 Å². The van der Waals surface area contributed by atoms with E-state index in [1.165, 1.54) is 6.07 Å². The van der Waals surface area contributed by atoms with Crippen LogP contribution in [0.3, 0.4) is 0 Å². The number of aromatic nitrogens is 2. The van der Waals surface area contributed by atoms with Crippen molar-refractivity contribution >= 4 is 0 Å². The summed E-state index contributed by atoms with van der Waals surface area (Å²) in [5.74, 6) is 1.24. The Morgan fingerprint density at radius 3 is 2.60 bits per heavy atom. The standard InChI is InChI=1S/C14H16N2O4/c1-9-6-13(18)11(8-17)15-16(9)12-7-10(19-2)4-5-14(12)20-3/h4-7,17H,8H2,1-3H3. The Bertz CT molecular complexity index is 679. The SMILES string of the molecule is COc1ccc(OC)c(-n2nc(CO)c(=O)cc2C)c1. The molecule has 0 aliphatic rings. The van der Waals surface area contributed by atoms with Crippen LogP contribution in [0.1, 0.15) is 11.4 Å². The first-order chi connectivity index (χ1) is 9.60. The zero-order chi connectivity index (χ0) is 14.7. The molecule has 1 aromatic heterocycles. The van der Waals surface area contributed by atoms with Gasteiger partial charge in [0.15, 0.2) is 0 Å². The number of aliphatic hydroxyl groups excluding tert-OH is 1. The normalized spacial score (nSPS) is 10.4. The predicted molar refractivity (Wildman–Crippen MR) is 73.6 cm³/mol. The van der Waals surface area contributed by atoms with Crippen molar-refractivity contribution in [2.75, 3.05) is 14.2 Å². The highest BCUT2D eigenvalue weighted by Gasteiger charge is 2.12. The first-order valence-corrected chi connectivity index (χ1v) is 6.03. The van der Waals surface area contributed by atoms with E-state index in [0.717, 1.165) is 0 Å². The van der Waals surface area contributed by atoms with E-state index >= 15 is 0 Å². The number of nitrogens with zero attached hydrogens (tertiary/aromatic N) is 2. The van der Waals surface area contributed by atoms with E-state index in [0.29, 0.717) is 22.9 Å². The summed E-state index contributed by atoms with van der Waals surface area (Å²) < 4.78 is 12.0. The molecular weight excluding hydrogens is 260 g/mol. The molecule has 0 bridgehead atoms. The number of benzene rings is 1. The zero-order valence-electron chi connectivity index (χ0n) is 11.6. The van der Waals surface area contributed by atoms with Crippen LogP contribution >= 0.6 is 0 Å². The van der Waals surface area contributed by atoms with Crippen LogP contribution in [-0.4, -0.2) is 29.1 Å². The molecule has 0 spiro atoms. The Labute approximate surface area is 116 Å². The molecule has 0 atom stereocenters. The zero-order valence-corrected chi connectivity index (χ0v) is 11.6. The molecule has 0 saturated carbocycles. The number of methoxy groups -OCH3 is 2. The lowest BCUT2D eigenvalue weighted by Gasteiger charge is -2.15. The summed E-state index contributed by atoms with van der Waals surface area (Å²) in [4.78, 5) is 11.6. The van der Waals surface area contributed by atoms with Crippen molar-refractivity contribution < 1.29 is 14.6 Å². The number of hydrogen-bond donors (Lipinski definition) is 1. The Morgan fingerprint density at radius 1 is 1.25 bits per heavy atom. The van der Waals surface area contributed by atoms with Crippen molar-refractivity contribution in [3.05, 3.63) is 45.9 Å². The molecule has 1 N–H and O–H groups in total. The van der Waals surface area contributed by atoms with Gasteiger partial charge in [-0.05, 0) is 19.1 Å². The highest BCUT2D eigenvalue weighted by Crippen LogP contribution is 2.27. The molecule has 0 aliphatic heterocycles. The summed E-state index contributed by atoms with van der Waals surface area (Å²) in [7, 11) is 3.12. The van der Waals surface area contributed by atoms with Crippen LogP contribution in [-0.2, 0) is 6.61 Å². The smallest absolute Gasteiger partial charge is 0.206 e. The minimum absolute atomic E-state index is 0.0838. The average Bonchev–Trinajstić information content (AvgIpc) is 2.47. The lowest BCUT2D eigenvalue weighted by molar-refractivity contribution is 0.272. The number of aryl methyl sites for hydroxylation is 1. The monoisotopic (exact) mass is 276 g/mol. The van der Waals surface area contributed by atoms with Crippen molar-refractivity contribution in [1.29, 1.82) is 0 Å². The summed E-state index contributed by atoms with van der Waals surface area (Å²) in [5.41, 5.74) is 1.07. The van der Waals surface area contributed by atoms with Crippen molar-refractivity contribution in [1.82, 2.24) is 9.78 Å². The maximum absolute atomic E-state index is 11.6. The first kappa shape index (κ1) is 14.1. The van der Waals surface area contributed by atoms with E-state index in [4.69, 9.17) is 9.47 Å². The molecule has 106 valence electrons. The molecule has 1 heterocycles. The highest BCUT2D eigenvalue weighted by atomic mass is 16.5. The van der Waals surface area contributed by atoms with Gasteiger partial charge in [0.2, 0.25) is 5.43 Å². The average molecular weight is 276 g/mol. The van der Waals surface area contributed by atoms with Crippen molar-refractivity contribution in [3.63, 3.8) is 0 Å². The number of rotatable bonds is 4. The van der Waals surface area contributed by atoms with E-state index in [1.54, 1.807) is 44.0 Å². The summed E-state index contributed by atoms with van der Waals surface area (Å²) >= 11 is 0. The molecule has 1 aromatic carbocycles. The second-order valence-corrected chi connectivity index (χ2v) is 4.20. The summed E-state index contributed by atoms with van der Waals surface area (Å²) in [6.07, 6.45) is 0. The maximum Gasteiger partial charge on any atom is 0.206 e. The molecule has 0 unspecified atom stereocenters. The second-order valence-electron chi connectivity index (χ2n) is 4.20. The molecule has 0 radical (unpaired) electrons. The molecule has 0 amide bonds. The Balaban J connectivity index is 2.69. The van der Waals surface area contributed by atoms with Crippen molar-refractivity contribution in [3.8, 4) is 17.2 Å².